The van der Waals surface area contributed by atoms with Crippen LogP contribution in [0.25, 0.3) is 0 Å². The molecule has 0 aromatic heterocycles. The quantitative estimate of drug-likeness (QED) is 0.634. The lowest BCUT2D eigenvalue weighted by atomic mass is 9.93. The molecule has 2 aliphatic heterocycles. The lowest BCUT2D eigenvalue weighted by molar-refractivity contribution is 0.0192. The van der Waals surface area contributed by atoms with E-state index < -0.39 is 6.10 Å². The number of aliphatic hydroxyl groups excluding tert-OH is 1. The monoisotopic (exact) mass is 394 g/mol. The Morgan fingerprint density at radius 1 is 1.29 bits per heavy atom. The molecule has 0 aliphatic carbocycles. The van der Waals surface area contributed by atoms with E-state index in [4.69, 9.17) is 18.9 Å². The minimum Gasteiger partial charge on any atom is -0.493 e. The highest BCUT2D eigenvalue weighted by Gasteiger charge is 2.29. The highest BCUT2D eigenvalue weighted by atomic mass is 16.6. The Hall–Kier alpha value is -2.03. The molecule has 1 unspecified atom stereocenters. The van der Waals surface area contributed by atoms with Gasteiger partial charge in [0.2, 0.25) is 5.75 Å². The molecule has 156 valence electrons. The van der Waals surface area contributed by atoms with Gasteiger partial charge < -0.3 is 34.3 Å². The molecule has 28 heavy (non-hydrogen) atoms. The van der Waals surface area contributed by atoms with Crippen LogP contribution in [0.2, 0.25) is 0 Å². The summed E-state index contributed by atoms with van der Waals surface area (Å²) in [5.74, 6) is 1.22. The molecule has 0 saturated carbocycles. The molecule has 8 heteroatoms. The predicted molar refractivity (Wildman–Crippen MR) is 103 cm³/mol. The normalized spacial score (nSPS) is 22.0. The Morgan fingerprint density at radius 2 is 2.07 bits per heavy atom. The molecule has 0 bridgehead atoms. The molecule has 1 aromatic rings. The number of carbonyl (C=O) groups is 1. The van der Waals surface area contributed by atoms with E-state index in [0.29, 0.717) is 49.1 Å². The first kappa shape index (κ1) is 20.7. The topological polar surface area (TPSA) is 89.5 Å². The number of fused-ring (bicyclic) bond motifs is 1. The fraction of sp³-hybridized carbons (Fsp3) is 0.650. The molecule has 1 saturated heterocycles. The summed E-state index contributed by atoms with van der Waals surface area (Å²) >= 11 is 0. The standard InChI is InChI=1S/C20H30N2O6/c1-25-9-3-7-22-8-6-14(16(23)13-22)12-21-20(24)15-4-5-17(26-2)19-18(15)27-10-11-28-19/h4-5,14,16,23H,3,6-13H2,1-2H3,(H,21,24)/t14-,16?/m0/s1. The van der Waals surface area contributed by atoms with E-state index in [9.17, 15) is 9.90 Å². The maximum atomic E-state index is 12.7. The van der Waals surface area contributed by atoms with Crippen molar-refractivity contribution in [1.29, 1.82) is 0 Å². The van der Waals surface area contributed by atoms with Gasteiger partial charge in [0, 0.05) is 39.3 Å². The van der Waals surface area contributed by atoms with Crippen LogP contribution in [-0.4, -0.2) is 82.2 Å². The number of carbonyl (C=O) groups excluding carboxylic acids is 1. The number of hydrogen-bond acceptors (Lipinski definition) is 7. The van der Waals surface area contributed by atoms with Crippen molar-refractivity contribution in [2.24, 2.45) is 5.92 Å². The Kier molecular flexibility index (Phi) is 7.36. The van der Waals surface area contributed by atoms with Gasteiger partial charge >= 0.3 is 0 Å². The second kappa shape index (κ2) is 9.95. The Balaban J connectivity index is 1.55. The number of aliphatic hydroxyl groups is 1. The molecule has 1 fully saturated rings. The second-order valence-electron chi connectivity index (χ2n) is 7.14. The molecular weight excluding hydrogens is 364 g/mol. The zero-order valence-corrected chi connectivity index (χ0v) is 16.6. The van der Waals surface area contributed by atoms with E-state index in [0.717, 1.165) is 32.5 Å². The van der Waals surface area contributed by atoms with E-state index in [1.807, 2.05) is 0 Å². The fourth-order valence-corrected chi connectivity index (χ4v) is 3.69. The van der Waals surface area contributed by atoms with Crippen LogP contribution in [0.15, 0.2) is 12.1 Å². The van der Waals surface area contributed by atoms with Gasteiger partial charge in [-0.05, 0) is 31.5 Å². The Bertz CT molecular complexity index is 668. The van der Waals surface area contributed by atoms with Gasteiger partial charge in [0.15, 0.2) is 11.5 Å². The van der Waals surface area contributed by atoms with E-state index in [-0.39, 0.29) is 11.8 Å². The number of amides is 1. The van der Waals surface area contributed by atoms with Crippen molar-refractivity contribution in [2.45, 2.75) is 18.9 Å². The third-order valence-corrected chi connectivity index (χ3v) is 5.27. The molecule has 0 spiro atoms. The predicted octanol–water partition coefficient (Wildman–Crippen LogP) is 0.915. The van der Waals surface area contributed by atoms with Crippen LogP contribution in [0.4, 0.5) is 0 Å². The van der Waals surface area contributed by atoms with Gasteiger partial charge in [-0.1, -0.05) is 0 Å². The number of ether oxygens (including phenoxy) is 4. The molecule has 1 aromatic carbocycles. The first-order valence-electron chi connectivity index (χ1n) is 9.78. The van der Waals surface area contributed by atoms with Crippen molar-refractivity contribution in [2.75, 3.05) is 60.2 Å². The van der Waals surface area contributed by atoms with E-state index in [1.54, 1.807) is 26.4 Å². The molecule has 2 N–H and O–H groups in total. The number of nitrogens with zero attached hydrogens (tertiary/aromatic N) is 1. The minimum absolute atomic E-state index is 0.0360. The van der Waals surface area contributed by atoms with Gasteiger partial charge in [-0.25, -0.2) is 0 Å². The number of piperidine rings is 1. The molecule has 2 atom stereocenters. The molecule has 2 heterocycles. The number of β-amino-alcohol motifs (C(OH)–C–C–N with tert-alkyl or cyclic N) is 1. The largest absolute Gasteiger partial charge is 0.493 e. The van der Waals surface area contributed by atoms with Crippen molar-refractivity contribution in [3.8, 4) is 17.2 Å². The van der Waals surface area contributed by atoms with Gasteiger partial charge in [0.1, 0.15) is 13.2 Å². The third kappa shape index (κ3) is 4.87. The van der Waals surface area contributed by atoms with Gasteiger partial charge in [0.05, 0.1) is 18.8 Å². The minimum atomic E-state index is -0.457. The van der Waals surface area contributed by atoms with Crippen LogP contribution < -0.4 is 19.5 Å². The van der Waals surface area contributed by atoms with Crippen molar-refractivity contribution >= 4 is 5.91 Å². The van der Waals surface area contributed by atoms with Gasteiger partial charge in [0.25, 0.3) is 5.91 Å². The fourth-order valence-electron chi connectivity index (χ4n) is 3.69. The molecule has 3 rings (SSSR count). The van der Waals surface area contributed by atoms with Crippen LogP contribution in [0.5, 0.6) is 17.2 Å². The zero-order chi connectivity index (χ0) is 19.9. The summed E-state index contributed by atoms with van der Waals surface area (Å²) in [6, 6.07) is 3.38. The van der Waals surface area contributed by atoms with Crippen LogP contribution in [0.1, 0.15) is 23.2 Å². The summed E-state index contributed by atoms with van der Waals surface area (Å²) in [6.45, 7) is 4.41. The number of methoxy groups -OCH3 is 2. The van der Waals surface area contributed by atoms with Crippen molar-refractivity contribution < 1.29 is 28.8 Å². The maximum Gasteiger partial charge on any atom is 0.255 e. The van der Waals surface area contributed by atoms with Crippen LogP contribution in [0.3, 0.4) is 0 Å². The lowest BCUT2D eigenvalue weighted by Crippen LogP contribution is -2.48. The summed E-state index contributed by atoms with van der Waals surface area (Å²) in [6.07, 6.45) is 1.34. The summed E-state index contributed by atoms with van der Waals surface area (Å²) in [5, 5.41) is 13.4. The first-order chi connectivity index (χ1) is 13.6. The smallest absolute Gasteiger partial charge is 0.255 e. The Labute approximate surface area is 165 Å². The molecule has 2 aliphatic rings. The molecular formula is C20H30N2O6. The van der Waals surface area contributed by atoms with Crippen molar-refractivity contribution in [3.05, 3.63) is 17.7 Å². The number of likely N-dealkylation sites (tertiary alicyclic amines) is 1. The van der Waals surface area contributed by atoms with Gasteiger partial charge in [-0.2, -0.15) is 0 Å². The zero-order valence-electron chi connectivity index (χ0n) is 16.6. The molecule has 0 radical (unpaired) electrons. The van der Waals surface area contributed by atoms with Crippen molar-refractivity contribution in [3.63, 3.8) is 0 Å². The third-order valence-electron chi connectivity index (χ3n) is 5.27. The van der Waals surface area contributed by atoms with E-state index in [2.05, 4.69) is 10.2 Å². The average Bonchev–Trinajstić information content (AvgIpc) is 2.72. The number of nitrogens with one attached hydrogen (secondary N) is 1. The highest BCUT2D eigenvalue weighted by molar-refractivity contribution is 5.98. The first-order valence-corrected chi connectivity index (χ1v) is 9.78. The van der Waals surface area contributed by atoms with E-state index >= 15 is 0 Å². The SMILES string of the molecule is COCCCN1CC[C@@H](CNC(=O)c2ccc(OC)c3c2OCCO3)C(O)C1. The molecule has 8 nitrogen and oxygen atoms in total. The second-order valence-corrected chi connectivity index (χ2v) is 7.14. The molecule has 1 amide bonds. The van der Waals surface area contributed by atoms with Gasteiger partial charge in [-0.15, -0.1) is 0 Å². The number of benzene rings is 1. The number of hydrogen-bond donors (Lipinski definition) is 2. The Morgan fingerprint density at radius 3 is 2.79 bits per heavy atom. The highest BCUT2D eigenvalue weighted by Crippen LogP contribution is 2.41. The van der Waals surface area contributed by atoms with E-state index in [1.165, 1.54) is 0 Å². The summed E-state index contributed by atoms with van der Waals surface area (Å²) < 4.78 is 21.6. The van der Waals surface area contributed by atoms with Crippen LogP contribution >= 0.6 is 0 Å². The average molecular weight is 394 g/mol. The summed E-state index contributed by atoms with van der Waals surface area (Å²) in [7, 11) is 3.25. The van der Waals surface area contributed by atoms with Crippen molar-refractivity contribution in [1.82, 2.24) is 10.2 Å². The summed E-state index contributed by atoms with van der Waals surface area (Å²) in [5.41, 5.74) is 0.419. The van der Waals surface area contributed by atoms with Crippen LogP contribution in [0, 0.1) is 5.92 Å². The summed E-state index contributed by atoms with van der Waals surface area (Å²) in [4.78, 5) is 15.0. The van der Waals surface area contributed by atoms with Gasteiger partial charge in [-0.3, -0.25) is 4.79 Å². The maximum absolute atomic E-state index is 12.7. The van der Waals surface area contributed by atoms with Crippen LogP contribution in [-0.2, 0) is 4.74 Å². The number of rotatable bonds is 8. The lowest BCUT2D eigenvalue weighted by Gasteiger charge is -2.36.